The van der Waals surface area contributed by atoms with Gasteiger partial charge in [0.2, 0.25) is 5.89 Å². The van der Waals surface area contributed by atoms with Crippen molar-refractivity contribution < 1.29 is 4.42 Å². The zero-order valence-electron chi connectivity index (χ0n) is 9.70. The van der Waals surface area contributed by atoms with Crippen LogP contribution >= 0.6 is 11.6 Å². The number of hydrogen-bond donors (Lipinski definition) is 1. The van der Waals surface area contributed by atoms with Crippen LogP contribution in [0.5, 0.6) is 0 Å². The minimum atomic E-state index is 0.433. The van der Waals surface area contributed by atoms with Crippen molar-refractivity contribution in [1.82, 2.24) is 15.0 Å². The highest BCUT2D eigenvalue weighted by Crippen LogP contribution is 2.13. The Morgan fingerprint density at radius 3 is 2.88 bits per heavy atom. The van der Waals surface area contributed by atoms with Crippen LogP contribution in [-0.2, 0) is 13.0 Å². The Bertz CT molecular complexity index is 512. The molecule has 0 aliphatic rings. The summed E-state index contributed by atoms with van der Waals surface area (Å²) in [6.45, 7) is 4.31. The van der Waals surface area contributed by atoms with Crippen molar-refractivity contribution >= 4 is 17.4 Å². The van der Waals surface area contributed by atoms with Crippen LogP contribution in [-0.4, -0.2) is 15.0 Å². The minimum absolute atomic E-state index is 0.433. The quantitative estimate of drug-likeness (QED) is 0.848. The first-order valence-electron chi connectivity index (χ1n) is 5.36. The molecule has 6 heteroatoms. The van der Waals surface area contributed by atoms with Gasteiger partial charge in [0.25, 0.3) is 0 Å². The lowest BCUT2D eigenvalue weighted by Crippen LogP contribution is -2.04. The maximum atomic E-state index is 5.88. The van der Waals surface area contributed by atoms with Gasteiger partial charge in [-0.2, -0.15) is 0 Å². The van der Waals surface area contributed by atoms with Gasteiger partial charge in [0.1, 0.15) is 22.6 Å². The zero-order chi connectivity index (χ0) is 12.3. The predicted molar refractivity (Wildman–Crippen MR) is 65.0 cm³/mol. The molecule has 2 heterocycles. The van der Waals surface area contributed by atoms with Crippen molar-refractivity contribution in [2.24, 2.45) is 0 Å². The van der Waals surface area contributed by atoms with Gasteiger partial charge >= 0.3 is 0 Å². The summed E-state index contributed by atoms with van der Waals surface area (Å²) in [4.78, 5) is 12.5. The summed E-state index contributed by atoms with van der Waals surface area (Å²) in [6, 6.07) is 1.68. The molecule has 2 aromatic rings. The molecular formula is C11H13ClN4O. The summed E-state index contributed by atoms with van der Waals surface area (Å²) in [5, 5.41) is 3.53. The molecule has 2 rings (SSSR count). The third kappa shape index (κ3) is 3.17. The maximum absolute atomic E-state index is 5.88. The van der Waals surface area contributed by atoms with Crippen molar-refractivity contribution in [3.05, 3.63) is 34.9 Å². The molecule has 0 spiro atoms. The van der Waals surface area contributed by atoms with Gasteiger partial charge in [0.05, 0.1) is 12.7 Å². The van der Waals surface area contributed by atoms with Crippen LogP contribution in [0.2, 0.25) is 5.15 Å². The third-order valence-electron chi connectivity index (χ3n) is 2.15. The highest BCUT2D eigenvalue weighted by Gasteiger charge is 2.04. The molecule has 5 nitrogen and oxygen atoms in total. The standard InChI is InChI=1S/C11H13ClN4O/c1-3-9-15-8(12)4-10(16-9)13-6-11-14-5-7(2)17-11/h4-5H,3,6H2,1-2H3,(H,13,15,16). The lowest BCUT2D eigenvalue weighted by molar-refractivity contribution is 0.478. The lowest BCUT2D eigenvalue weighted by atomic mass is 10.4. The first-order valence-corrected chi connectivity index (χ1v) is 5.74. The molecule has 0 fully saturated rings. The second-order valence-electron chi connectivity index (χ2n) is 3.56. The summed E-state index contributed by atoms with van der Waals surface area (Å²) >= 11 is 5.88. The average Bonchev–Trinajstić information content (AvgIpc) is 2.72. The van der Waals surface area contributed by atoms with Crippen molar-refractivity contribution in [1.29, 1.82) is 0 Å². The zero-order valence-corrected chi connectivity index (χ0v) is 10.5. The number of oxazole rings is 1. The first-order chi connectivity index (χ1) is 8.17. The van der Waals surface area contributed by atoms with E-state index >= 15 is 0 Å². The Hall–Kier alpha value is -1.62. The molecule has 0 amide bonds. The molecule has 0 radical (unpaired) electrons. The number of anilines is 1. The maximum Gasteiger partial charge on any atom is 0.213 e. The molecule has 0 atom stereocenters. The van der Waals surface area contributed by atoms with Gasteiger partial charge in [0.15, 0.2) is 0 Å². The van der Waals surface area contributed by atoms with Crippen LogP contribution in [0.1, 0.15) is 24.4 Å². The molecule has 17 heavy (non-hydrogen) atoms. The Kier molecular flexibility index (Phi) is 3.58. The van der Waals surface area contributed by atoms with E-state index in [-0.39, 0.29) is 0 Å². The number of halogens is 1. The summed E-state index contributed by atoms with van der Waals surface area (Å²) in [6.07, 6.45) is 2.43. The monoisotopic (exact) mass is 252 g/mol. The Balaban J connectivity index is 2.05. The van der Waals surface area contributed by atoms with Gasteiger partial charge in [-0.25, -0.2) is 15.0 Å². The lowest BCUT2D eigenvalue weighted by Gasteiger charge is -2.05. The molecule has 0 aromatic carbocycles. The molecule has 2 aromatic heterocycles. The van der Waals surface area contributed by atoms with E-state index in [0.717, 1.165) is 12.2 Å². The topological polar surface area (TPSA) is 63.8 Å². The number of rotatable bonds is 4. The predicted octanol–water partition coefficient (Wildman–Crippen LogP) is 2.60. The molecule has 1 N–H and O–H groups in total. The van der Waals surface area contributed by atoms with Crippen LogP contribution in [0, 0.1) is 6.92 Å². The number of aromatic nitrogens is 3. The third-order valence-corrected chi connectivity index (χ3v) is 2.34. The van der Waals surface area contributed by atoms with Crippen molar-refractivity contribution in [3.8, 4) is 0 Å². The Morgan fingerprint density at radius 1 is 1.41 bits per heavy atom. The van der Waals surface area contributed by atoms with Crippen LogP contribution in [0.4, 0.5) is 5.82 Å². The van der Waals surface area contributed by atoms with Crippen LogP contribution < -0.4 is 5.32 Å². The van der Waals surface area contributed by atoms with E-state index in [9.17, 15) is 0 Å². The molecule has 0 aliphatic carbocycles. The molecule has 0 bridgehead atoms. The van der Waals surface area contributed by atoms with Crippen molar-refractivity contribution in [2.45, 2.75) is 26.8 Å². The SMILES string of the molecule is CCc1nc(Cl)cc(NCc2ncc(C)o2)n1. The Labute approximate surface area is 104 Å². The minimum Gasteiger partial charge on any atom is -0.444 e. The molecule has 90 valence electrons. The Morgan fingerprint density at radius 2 is 2.24 bits per heavy atom. The van der Waals surface area contributed by atoms with Crippen molar-refractivity contribution in [3.63, 3.8) is 0 Å². The van der Waals surface area contributed by atoms with Crippen LogP contribution in [0.3, 0.4) is 0 Å². The van der Waals surface area contributed by atoms with E-state index in [2.05, 4.69) is 20.3 Å². The highest BCUT2D eigenvalue weighted by atomic mass is 35.5. The summed E-state index contributed by atoms with van der Waals surface area (Å²) in [5.41, 5.74) is 0. The van der Waals surface area contributed by atoms with E-state index in [1.807, 2.05) is 13.8 Å². The van der Waals surface area contributed by atoms with Crippen LogP contribution in [0.15, 0.2) is 16.7 Å². The van der Waals surface area contributed by atoms with Gasteiger partial charge in [-0.1, -0.05) is 18.5 Å². The summed E-state index contributed by atoms with van der Waals surface area (Å²) in [5.74, 6) is 2.80. The fourth-order valence-corrected chi connectivity index (χ4v) is 1.56. The highest BCUT2D eigenvalue weighted by molar-refractivity contribution is 6.29. The molecule has 0 saturated carbocycles. The van der Waals surface area contributed by atoms with Gasteiger partial charge in [-0.3, -0.25) is 0 Å². The molecule has 0 aliphatic heterocycles. The van der Waals surface area contributed by atoms with Gasteiger partial charge in [-0.15, -0.1) is 0 Å². The summed E-state index contributed by atoms with van der Waals surface area (Å²) in [7, 11) is 0. The van der Waals surface area contributed by atoms with Gasteiger partial charge < -0.3 is 9.73 Å². The number of hydrogen-bond acceptors (Lipinski definition) is 5. The molecule has 0 saturated heterocycles. The van der Waals surface area contributed by atoms with E-state index < -0.39 is 0 Å². The number of nitrogens with zero attached hydrogens (tertiary/aromatic N) is 3. The number of aryl methyl sites for hydroxylation is 2. The molecule has 0 unspecified atom stereocenters. The second kappa shape index (κ2) is 5.14. The van der Waals surface area contributed by atoms with Gasteiger partial charge in [0, 0.05) is 12.5 Å². The van der Waals surface area contributed by atoms with Crippen LogP contribution in [0.25, 0.3) is 0 Å². The van der Waals surface area contributed by atoms with Gasteiger partial charge in [-0.05, 0) is 6.92 Å². The fourth-order valence-electron chi connectivity index (χ4n) is 1.36. The summed E-state index contributed by atoms with van der Waals surface area (Å²) < 4.78 is 5.34. The van der Waals surface area contributed by atoms with E-state index in [4.69, 9.17) is 16.0 Å². The fraction of sp³-hybridized carbons (Fsp3) is 0.364. The number of nitrogens with one attached hydrogen (secondary N) is 1. The van der Waals surface area contributed by atoms with E-state index in [0.29, 0.717) is 29.2 Å². The average molecular weight is 253 g/mol. The largest absolute Gasteiger partial charge is 0.444 e. The smallest absolute Gasteiger partial charge is 0.213 e. The normalized spacial score (nSPS) is 10.5. The molecular weight excluding hydrogens is 240 g/mol. The van der Waals surface area contributed by atoms with Crippen molar-refractivity contribution in [2.75, 3.05) is 5.32 Å². The first kappa shape index (κ1) is 11.9. The van der Waals surface area contributed by atoms with E-state index in [1.54, 1.807) is 12.3 Å². The van der Waals surface area contributed by atoms with E-state index in [1.165, 1.54) is 0 Å². The second-order valence-corrected chi connectivity index (χ2v) is 3.95.